The van der Waals surface area contributed by atoms with Gasteiger partial charge < -0.3 is 9.32 Å². The summed E-state index contributed by atoms with van der Waals surface area (Å²) in [7, 11) is 0. The van der Waals surface area contributed by atoms with Gasteiger partial charge in [0.1, 0.15) is 10.6 Å². The van der Waals surface area contributed by atoms with Crippen LogP contribution in [-0.4, -0.2) is 22.0 Å². The first-order chi connectivity index (χ1) is 19.9. The Morgan fingerprint density at radius 3 is 2.59 bits per heavy atom. The molecule has 0 fully saturated rings. The number of halogens is 1. The number of aryl methyl sites for hydroxylation is 2. The van der Waals surface area contributed by atoms with E-state index in [1.54, 1.807) is 35.2 Å². The van der Waals surface area contributed by atoms with Gasteiger partial charge in [0.15, 0.2) is 11.0 Å². The number of aromatic nitrogens is 2. The minimum absolute atomic E-state index is 0.00745. The molecule has 0 aliphatic carbocycles. The standard InChI is InChI=1S/C31H23ClN4O4S/c1-3-8-24-33-34-30(41-24)36-28(38)27-25(26(37)19-15-17(2)13-14-23(19)40-27)31(36)20-10-5-7-12-22(20)35(29(31)39)16-18-9-4-6-11-21(18)32/h4-7,9-15H,3,8,16H2,1-2H3. The highest BCUT2D eigenvalue weighted by Gasteiger charge is 2.66. The average molecular weight is 583 g/mol. The zero-order chi connectivity index (χ0) is 28.5. The average Bonchev–Trinajstić information content (AvgIpc) is 3.60. The minimum Gasteiger partial charge on any atom is -0.450 e. The molecule has 5 aromatic rings. The van der Waals surface area contributed by atoms with E-state index in [-0.39, 0.29) is 28.6 Å². The van der Waals surface area contributed by atoms with Crippen molar-refractivity contribution in [3.05, 3.63) is 115 Å². The molecule has 1 unspecified atom stereocenters. The first-order valence-corrected chi connectivity index (χ1v) is 14.5. The maximum Gasteiger partial charge on any atom is 0.297 e. The molecule has 2 amide bonds. The molecular formula is C31H23ClN4O4S. The van der Waals surface area contributed by atoms with E-state index in [0.717, 1.165) is 22.6 Å². The summed E-state index contributed by atoms with van der Waals surface area (Å²) in [5.41, 5.74) is 0.667. The van der Waals surface area contributed by atoms with Crippen molar-refractivity contribution < 1.29 is 14.0 Å². The summed E-state index contributed by atoms with van der Waals surface area (Å²) in [5, 5.41) is 10.4. The quantitative estimate of drug-likeness (QED) is 0.252. The number of anilines is 2. The lowest BCUT2D eigenvalue weighted by Crippen LogP contribution is -2.53. The lowest BCUT2D eigenvalue weighted by Gasteiger charge is -2.32. The van der Waals surface area contributed by atoms with Crippen molar-refractivity contribution in [2.75, 3.05) is 9.80 Å². The largest absolute Gasteiger partial charge is 0.450 e. The molecule has 2 aliphatic rings. The number of fused-ring (bicyclic) bond motifs is 5. The fourth-order valence-electron chi connectivity index (χ4n) is 5.88. The molecule has 0 saturated carbocycles. The molecule has 0 saturated heterocycles. The monoisotopic (exact) mass is 582 g/mol. The van der Waals surface area contributed by atoms with E-state index in [2.05, 4.69) is 10.2 Å². The second-order valence-corrected chi connectivity index (χ2v) is 11.7. The summed E-state index contributed by atoms with van der Waals surface area (Å²) in [6.07, 6.45) is 1.51. The number of benzene rings is 3. The van der Waals surface area contributed by atoms with E-state index < -0.39 is 22.8 Å². The fourth-order valence-corrected chi connectivity index (χ4v) is 7.07. The van der Waals surface area contributed by atoms with Gasteiger partial charge in [-0.15, -0.1) is 10.2 Å². The number of para-hydroxylation sites is 1. The summed E-state index contributed by atoms with van der Waals surface area (Å²) in [4.78, 5) is 46.5. The Labute approximate surface area is 243 Å². The Hall–Kier alpha value is -4.34. The van der Waals surface area contributed by atoms with E-state index in [0.29, 0.717) is 28.1 Å². The third-order valence-electron chi connectivity index (χ3n) is 7.68. The zero-order valence-corrected chi connectivity index (χ0v) is 23.8. The number of rotatable bonds is 5. The maximum atomic E-state index is 14.9. The van der Waals surface area contributed by atoms with Gasteiger partial charge in [0.05, 0.1) is 23.2 Å². The third kappa shape index (κ3) is 3.55. The summed E-state index contributed by atoms with van der Waals surface area (Å²) >= 11 is 7.75. The van der Waals surface area contributed by atoms with Gasteiger partial charge >= 0.3 is 0 Å². The second-order valence-electron chi connectivity index (χ2n) is 10.2. The molecule has 3 aromatic carbocycles. The van der Waals surface area contributed by atoms with Crippen LogP contribution in [0.1, 0.15) is 51.2 Å². The molecule has 1 spiro atoms. The fraction of sp³-hybridized carbons (Fsp3) is 0.194. The number of carbonyl (C=O) groups is 2. The van der Waals surface area contributed by atoms with Gasteiger partial charge in [-0.1, -0.05) is 77.9 Å². The highest BCUT2D eigenvalue weighted by atomic mass is 35.5. The second kappa shape index (κ2) is 9.36. The van der Waals surface area contributed by atoms with Crippen molar-refractivity contribution in [1.82, 2.24) is 10.2 Å². The summed E-state index contributed by atoms with van der Waals surface area (Å²) in [6, 6.07) is 19.7. The Kier molecular flexibility index (Phi) is 5.85. The van der Waals surface area contributed by atoms with Crippen LogP contribution in [0.2, 0.25) is 5.02 Å². The molecule has 41 heavy (non-hydrogen) atoms. The molecule has 2 aromatic heterocycles. The Balaban J connectivity index is 1.55. The van der Waals surface area contributed by atoms with Crippen molar-refractivity contribution in [1.29, 1.82) is 0 Å². The van der Waals surface area contributed by atoms with Crippen molar-refractivity contribution in [3.8, 4) is 0 Å². The molecule has 2 aliphatic heterocycles. The van der Waals surface area contributed by atoms with Crippen LogP contribution in [0.4, 0.5) is 10.8 Å². The molecule has 7 rings (SSSR count). The van der Waals surface area contributed by atoms with E-state index in [1.165, 1.54) is 16.2 Å². The van der Waals surface area contributed by atoms with Crippen LogP contribution in [-0.2, 0) is 23.3 Å². The number of amides is 2. The Morgan fingerprint density at radius 2 is 1.78 bits per heavy atom. The summed E-state index contributed by atoms with van der Waals surface area (Å²) < 4.78 is 6.15. The van der Waals surface area contributed by atoms with Crippen LogP contribution in [0.15, 0.2) is 75.9 Å². The highest BCUT2D eigenvalue weighted by molar-refractivity contribution is 7.15. The van der Waals surface area contributed by atoms with E-state index in [4.69, 9.17) is 16.0 Å². The molecule has 8 nitrogen and oxygen atoms in total. The van der Waals surface area contributed by atoms with E-state index in [1.807, 2.05) is 50.2 Å². The van der Waals surface area contributed by atoms with Crippen molar-refractivity contribution in [2.24, 2.45) is 0 Å². The normalized spacial score (nSPS) is 17.6. The predicted octanol–water partition coefficient (Wildman–Crippen LogP) is 6.01. The molecule has 0 N–H and O–H groups in total. The van der Waals surface area contributed by atoms with Gasteiger partial charge in [-0.3, -0.25) is 19.3 Å². The molecule has 204 valence electrons. The predicted molar refractivity (Wildman–Crippen MR) is 158 cm³/mol. The topological polar surface area (TPSA) is 96.6 Å². The Morgan fingerprint density at radius 1 is 1.00 bits per heavy atom. The molecule has 4 heterocycles. The number of nitrogens with zero attached hydrogens (tertiary/aromatic N) is 4. The van der Waals surface area contributed by atoms with Crippen LogP contribution in [0.25, 0.3) is 11.0 Å². The Bertz CT molecular complexity index is 1970. The van der Waals surface area contributed by atoms with E-state index in [9.17, 15) is 14.4 Å². The van der Waals surface area contributed by atoms with Gasteiger partial charge in [-0.05, 0) is 43.2 Å². The van der Waals surface area contributed by atoms with Gasteiger partial charge in [0, 0.05) is 17.0 Å². The zero-order valence-electron chi connectivity index (χ0n) is 22.2. The van der Waals surface area contributed by atoms with Gasteiger partial charge in [-0.25, -0.2) is 0 Å². The summed E-state index contributed by atoms with van der Waals surface area (Å²) in [5.74, 6) is -1.24. The number of hydrogen-bond acceptors (Lipinski definition) is 7. The van der Waals surface area contributed by atoms with Crippen molar-refractivity contribution in [2.45, 2.75) is 38.8 Å². The number of carbonyl (C=O) groups excluding carboxylic acids is 2. The maximum absolute atomic E-state index is 14.9. The molecule has 0 bridgehead atoms. The first-order valence-electron chi connectivity index (χ1n) is 13.3. The lowest BCUT2D eigenvalue weighted by atomic mass is 9.84. The SMILES string of the molecule is CCCc1nnc(N2C(=O)c3oc4ccc(C)cc4c(=O)c3C23C(=O)N(Cc2ccccc2Cl)c2ccccc23)s1. The van der Waals surface area contributed by atoms with E-state index >= 15 is 0 Å². The van der Waals surface area contributed by atoms with Crippen LogP contribution in [0, 0.1) is 6.92 Å². The van der Waals surface area contributed by atoms with Crippen LogP contribution >= 0.6 is 22.9 Å². The van der Waals surface area contributed by atoms with Gasteiger partial charge in [0.2, 0.25) is 10.9 Å². The van der Waals surface area contributed by atoms with Crippen LogP contribution in [0.3, 0.4) is 0 Å². The van der Waals surface area contributed by atoms with Crippen LogP contribution in [0.5, 0.6) is 0 Å². The lowest BCUT2D eigenvalue weighted by molar-refractivity contribution is -0.121. The minimum atomic E-state index is -1.83. The third-order valence-corrected chi connectivity index (χ3v) is 9.01. The highest BCUT2D eigenvalue weighted by Crippen LogP contribution is 2.54. The van der Waals surface area contributed by atoms with Crippen molar-refractivity contribution in [3.63, 3.8) is 0 Å². The number of hydrogen-bond donors (Lipinski definition) is 0. The smallest absolute Gasteiger partial charge is 0.297 e. The summed E-state index contributed by atoms with van der Waals surface area (Å²) in [6.45, 7) is 4.04. The molecule has 1 atom stereocenters. The van der Waals surface area contributed by atoms with Gasteiger partial charge in [0.25, 0.3) is 11.8 Å². The molecular weight excluding hydrogens is 560 g/mol. The molecule has 0 radical (unpaired) electrons. The van der Waals surface area contributed by atoms with Crippen LogP contribution < -0.4 is 15.2 Å². The van der Waals surface area contributed by atoms with Crippen molar-refractivity contribution >= 4 is 56.5 Å². The first kappa shape index (κ1) is 25.6. The van der Waals surface area contributed by atoms with Gasteiger partial charge in [-0.2, -0.15) is 0 Å². The molecule has 10 heteroatoms.